The Balaban J connectivity index is 1.60. The van der Waals surface area contributed by atoms with Crippen LogP contribution in [0.2, 0.25) is 15.1 Å². The first kappa shape index (κ1) is 27.3. The van der Waals surface area contributed by atoms with Crippen molar-refractivity contribution in [2.45, 2.75) is 16.7 Å². The van der Waals surface area contributed by atoms with Crippen LogP contribution in [0.5, 0.6) is 0 Å². The van der Waals surface area contributed by atoms with Crippen LogP contribution in [0, 0.1) is 5.92 Å². The Morgan fingerprint density at radius 1 is 1.00 bits per heavy atom. The molecule has 2 atom stereocenters. The quantitative estimate of drug-likeness (QED) is 0.259. The summed E-state index contributed by atoms with van der Waals surface area (Å²) in [6.45, 7) is 1.91. The van der Waals surface area contributed by atoms with Gasteiger partial charge in [-0.2, -0.15) is 0 Å². The van der Waals surface area contributed by atoms with Crippen LogP contribution in [0.3, 0.4) is 0 Å². The number of benzene rings is 2. The highest BCUT2D eigenvalue weighted by Gasteiger charge is 2.67. The number of rotatable bonds is 11. The van der Waals surface area contributed by atoms with Crippen LogP contribution < -0.4 is 10.6 Å². The largest absolute Gasteiger partial charge is 0.382 e. The Kier molecular flexibility index (Phi) is 9.75. The molecule has 1 aliphatic rings. The van der Waals surface area contributed by atoms with Gasteiger partial charge in [-0.15, -0.1) is 23.2 Å². The molecule has 0 radical (unpaired) electrons. The maximum absolute atomic E-state index is 12.9. The lowest BCUT2D eigenvalue weighted by atomic mass is 10.1. The number of hydrogen-bond donors (Lipinski definition) is 2. The zero-order chi connectivity index (χ0) is 24.9. The smallest absolute Gasteiger partial charge is 0.252 e. The van der Waals surface area contributed by atoms with Gasteiger partial charge in [-0.3, -0.25) is 9.59 Å². The number of amides is 2. The molecule has 1 aliphatic carbocycles. The van der Waals surface area contributed by atoms with Crippen molar-refractivity contribution in [3.63, 3.8) is 0 Å². The summed E-state index contributed by atoms with van der Waals surface area (Å²) in [6, 6.07) is 9.58. The first-order valence-corrected chi connectivity index (χ1v) is 12.3. The predicted molar refractivity (Wildman–Crippen MR) is 137 cm³/mol. The van der Waals surface area contributed by atoms with E-state index in [9.17, 15) is 9.59 Å². The topological polar surface area (TPSA) is 76.7 Å². The molecule has 2 aromatic rings. The first-order chi connectivity index (χ1) is 16.1. The molecule has 3 rings (SSSR count). The number of anilines is 1. The van der Waals surface area contributed by atoms with Crippen molar-refractivity contribution >= 4 is 75.5 Å². The Hall–Kier alpha value is -1.25. The Labute approximate surface area is 223 Å². The van der Waals surface area contributed by atoms with E-state index in [1.807, 2.05) is 0 Å². The highest BCUT2D eigenvalue weighted by molar-refractivity contribution is 6.53. The van der Waals surface area contributed by atoms with E-state index in [2.05, 4.69) is 10.6 Å². The normalized spacial score (nSPS) is 18.4. The highest BCUT2D eigenvalue weighted by atomic mass is 35.5. The molecule has 2 amide bonds. The van der Waals surface area contributed by atoms with Crippen molar-refractivity contribution in [2.75, 3.05) is 38.8 Å². The lowest BCUT2D eigenvalue weighted by Gasteiger charge is -2.10. The van der Waals surface area contributed by atoms with E-state index >= 15 is 0 Å². The molecule has 1 fully saturated rings. The number of carbonyl (C=O) groups is 2. The summed E-state index contributed by atoms with van der Waals surface area (Å²) in [5.41, 5.74) is 1.29. The van der Waals surface area contributed by atoms with E-state index in [-0.39, 0.29) is 16.5 Å². The summed E-state index contributed by atoms with van der Waals surface area (Å²) in [4.78, 5) is 25.5. The van der Waals surface area contributed by atoms with E-state index in [1.165, 1.54) is 12.1 Å². The van der Waals surface area contributed by atoms with Gasteiger partial charge in [0.2, 0.25) is 5.91 Å². The lowest BCUT2D eigenvalue weighted by molar-refractivity contribution is -0.117. The van der Waals surface area contributed by atoms with Gasteiger partial charge in [0, 0.05) is 41.9 Å². The standard InChI is InChI=1S/C23H23Cl5N2O4/c1-33-7-8-34-6-2-5-29-21(31)17-12-16(3-4-18(17)26)30-22(32)20-19(23(20,27)28)13-9-14(24)11-15(25)10-13/h3-4,9-12,19-20H,2,5-8H2,1H3,(H,29,31)(H,30,32)/t19-,20+/m1/s1. The molecule has 184 valence electrons. The maximum atomic E-state index is 12.9. The average Bonchev–Trinajstić information content (AvgIpc) is 3.35. The Morgan fingerprint density at radius 3 is 2.38 bits per heavy atom. The number of ether oxygens (including phenoxy) is 2. The third-order valence-electron chi connectivity index (χ3n) is 5.24. The van der Waals surface area contributed by atoms with Crippen molar-refractivity contribution in [2.24, 2.45) is 5.92 Å². The highest BCUT2D eigenvalue weighted by Crippen LogP contribution is 2.65. The van der Waals surface area contributed by atoms with Gasteiger partial charge in [-0.25, -0.2) is 0 Å². The van der Waals surface area contributed by atoms with Gasteiger partial charge in [-0.05, 0) is 48.4 Å². The first-order valence-electron chi connectivity index (χ1n) is 10.4. The number of halogens is 5. The van der Waals surface area contributed by atoms with Gasteiger partial charge in [0.1, 0.15) is 4.33 Å². The zero-order valence-corrected chi connectivity index (χ0v) is 22.0. The molecule has 1 saturated carbocycles. The van der Waals surface area contributed by atoms with Gasteiger partial charge in [0.15, 0.2) is 0 Å². The molecule has 0 bridgehead atoms. The molecule has 11 heteroatoms. The van der Waals surface area contributed by atoms with E-state index in [1.54, 1.807) is 31.4 Å². The van der Waals surface area contributed by atoms with E-state index in [0.717, 1.165) is 0 Å². The van der Waals surface area contributed by atoms with E-state index in [0.29, 0.717) is 54.1 Å². The molecule has 0 heterocycles. The average molecular weight is 569 g/mol. The third-order valence-corrected chi connectivity index (χ3v) is 6.95. The van der Waals surface area contributed by atoms with E-state index < -0.39 is 22.1 Å². The second kappa shape index (κ2) is 12.1. The van der Waals surface area contributed by atoms with Crippen molar-refractivity contribution in [1.29, 1.82) is 0 Å². The van der Waals surface area contributed by atoms with Crippen LogP contribution >= 0.6 is 58.0 Å². The number of carbonyl (C=O) groups excluding carboxylic acids is 2. The van der Waals surface area contributed by atoms with Crippen molar-refractivity contribution in [3.05, 3.63) is 62.6 Å². The molecule has 0 spiro atoms. The minimum absolute atomic E-state index is 0.233. The van der Waals surface area contributed by atoms with Gasteiger partial charge in [0.25, 0.3) is 5.91 Å². The van der Waals surface area contributed by atoms with Gasteiger partial charge >= 0.3 is 0 Å². The van der Waals surface area contributed by atoms with Crippen molar-refractivity contribution in [1.82, 2.24) is 5.32 Å². The lowest BCUT2D eigenvalue weighted by Crippen LogP contribution is -2.26. The number of methoxy groups -OCH3 is 1. The maximum Gasteiger partial charge on any atom is 0.252 e. The third kappa shape index (κ3) is 6.91. The van der Waals surface area contributed by atoms with Crippen LogP contribution in [0.4, 0.5) is 5.69 Å². The molecule has 34 heavy (non-hydrogen) atoms. The van der Waals surface area contributed by atoms with Crippen LogP contribution in [0.1, 0.15) is 28.3 Å². The summed E-state index contributed by atoms with van der Waals surface area (Å²) in [7, 11) is 1.60. The predicted octanol–water partition coefficient (Wildman–Crippen LogP) is 5.96. The monoisotopic (exact) mass is 566 g/mol. The van der Waals surface area contributed by atoms with Gasteiger partial charge in [-0.1, -0.05) is 34.8 Å². The minimum Gasteiger partial charge on any atom is -0.382 e. The molecule has 6 nitrogen and oxygen atoms in total. The molecule has 0 unspecified atom stereocenters. The molecular weight excluding hydrogens is 546 g/mol. The summed E-state index contributed by atoms with van der Waals surface area (Å²) in [5, 5.41) is 6.65. The summed E-state index contributed by atoms with van der Waals surface area (Å²) in [6.07, 6.45) is 0.633. The summed E-state index contributed by atoms with van der Waals surface area (Å²) < 4.78 is 8.95. The van der Waals surface area contributed by atoms with Gasteiger partial charge < -0.3 is 20.1 Å². The second-order valence-electron chi connectivity index (χ2n) is 7.73. The minimum atomic E-state index is -1.31. The van der Waals surface area contributed by atoms with Gasteiger partial charge in [0.05, 0.1) is 29.7 Å². The Bertz CT molecular complexity index is 1030. The number of nitrogens with one attached hydrogen (secondary N) is 2. The van der Waals surface area contributed by atoms with Crippen LogP contribution in [0.15, 0.2) is 36.4 Å². The fourth-order valence-electron chi connectivity index (χ4n) is 3.54. The van der Waals surface area contributed by atoms with Crippen molar-refractivity contribution < 1.29 is 19.1 Å². The fourth-order valence-corrected chi connectivity index (χ4v) is 5.11. The SMILES string of the molecule is COCCOCCCNC(=O)c1cc(NC(=O)[C@@H]2[C@@H](c3cc(Cl)cc(Cl)c3)C2(Cl)Cl)ccc1Cl. The van der Waals surface area contributed by atoms with Crippen LogP contribution in [0.25, 0.3) is 0 Å². The molecule has 0 aliphatic heterocycles. The summed E-state index contributed by atoms with van der Waals surface area (Å²) in [5.74, 6) is -1.96. The molecule has 0 saturated heterocycles. The molecule has 0 aromatic heterocycles. The Morgan fingerprint density at radius 2 is 1.71 bits per heavy atom. The fraction of sp³-hybridized carbons (Fsp3) is 0.391. The van der Waals surface area contributed by atoms with E-state index in [4.69, 9.17) is 67.5 Å². The zero-order valence-electron chi connectivity index (χ0n) is 18.2. The molecular formula is C23H23Cl5N2O4. The molecule has 2 aromatic carbocycles. The summed E-state index contributed by atoms with van der Waals surface area (Å²) >= 11 is 31.2. The van der Waals surface area contributed by atoms with Crippen LogP contribution in [-0.4, -0.2) is 49.6 Å². The van der Waals surface area contributed by atoms with Crippen molar-refractivity contribution in [3.8, 4) is 0 Å². The number of alkyl halides is 2. The second-order valence-corrected chi connectivity index (χ2v) is 10.5. The van der Waals surface area contributed by atoms with Crippen LogP contribution in [-0.2, 0) is 14.3 Å². The number of hydrogen-bond acceptors (Lipinski definition) is 4. The molecule has 2 N–H and O–H groups in total.